The molecular formula is C30H37N3O5S. The fraction of sp³-hybridized carbons (Fsp3) is 0.433. The van der Waals surface area contributed by atoms with Gasteiger partial charge in [-0.3, -0.25) is 0 Å². The van der Waals surface area contributed by atoms with Crippen LogP contribution >= 0.6 is 0 Å². The highest BCUT2D eigenvalue weighted by atomic mass is 32.2. The van der Waals surface area contributed by atoms with Crippen LogP contribution in [0.5, 0.6) is 0 Å². The van der Waals surface area contributed by atoms with Gasteiger partial charge in [-0.05, 0) is 82.1 Å². The van der Waals surface area contributed by atoms with Crippen LogP contribution in [0.1, 0.15) is 46.8 Å². The zero-order valence-corrected chi connectivity index (χ0v) is 24.1. The average Bonchev–Trinajstić information content (AvgIpc) is 3.34. The van der Waals surface area contributed by atoms with E-state index < -0.39 is 20.5 Å². The van der Waals surface area contributed by atoms with Gasteiger partial charge in [0.1, 0.15) is 17.6 Å². The number of furan rings is 1. The number of nitriles is 1. The Labute approximate surface area is 231 Å². The highest BCUT2D eigenvalue weighted by molar-refractivity contribution is 7.93. The third-order valence-corrected chi connectivity index (χ3v) is 8.07. The molecule has 1 aliphatic rings. The molecule has 0 unspecified atom stereocenters. The van der Waals surface area contributed by atoms with Crippen LogP contribution in [0.3, 0.4) is 0 Å². The van der Waals surface area contributed by atoms with Crippen molar-refractivity contribution < 1.29 is 22.3 Å². The highest BCUT2D eigenvalue weighted by Gasteiger charge is 2.29. The summed E-state index contributed by atoms with van der Waals surface area (Å²) in [4.78, 5) is 1.90. The number of allylic oxidation sites excluding steroid dienone is 1. The molecule has 1 N–H and O–H groups in total. The molecule has 1 fully saturated rings. The number of ether oxygens (including phenoxy) is 2. The molecule has 0 atom stereocenters. The van der Waals surface area contributed by atoms with Gasteiger partial charge in [-0.1, -0.05) is 18.2 Å². The third-order valence-electron chi connectivity index (χ3n) is 6.46. The van der Waals surface area contributed by atoms with Crippen molar-refractivity contribution in [3.05, 3.63) is 59.2 Å². The van der Waals surface area contributed by atoms with Crippen LogP contribution < -0.4 is 9.62 Å². The molecule has 1 aromatic heterocycles. The second-order valence-corrected chi connectivity index (χ2v) is 13.0. The fourth-order valence-electron chi connectivity index (χ4n) is 4.37. The lowest BCUT2D eigenvalue weighted by molar-refractivity contribution is -0.0102. The number of nitrogens with zero attached hydrogens (tertiary/aromatic N) is 2. The number of morpholine rings is 1. The second kappa shape index (κ2) is 11.5. The molecule has 1 saturated heterocycles. The summed E-state index contributed by atoms with van der Waals surface area (Å²) in [6, 6.07) is 17.7. The maximum Gasteiger partial charge on any atom is 0.251 e. The largest absolute Gasteiger partial charge is 0.457 e. The standard InChI is InChI=1S/C30H37N3O5S/c1-29(2,3)37-15-12-30(4,5)32-39(34,35)27(21-31)20-26-10-11-28(38-26)24-7-6-23-19-25(9-8-22(23)18-24)33-13-16-36-17-14-33/h6-11,18-20,32H,12-17H2,1-5H3/b27-20+. The number of fused-ring (bicyclic) bond motifs is 1. The Balaban J connectivity index is 1.49. The Bertz CT molecular complexity index is 1490. The van der Waals surface area contributed by atoms with Gasteiger partial charge in [0.15, 0.2) is 4.91 Å². The summed E-state index contributed by atoms with van der Waals surface area (Å²) in [5.74, 6) is 0.867. The van der Waals surface area contributed by atoms with E-state index in [9.17, 15) is 13.7 Å². The first-order chi connectivity index (χ1) is 18.4. The van der Waals surface area contributed by atoms with Crippen LogP contribution in [0.15, 0.2) is 57.9 Å². The molecule has 39 heavy (non-hydrogen) atoms. The summed E-state index contributed by atoms with van der Waals surface area (Å²) >= 11 is 0. The summed E-state index contributed by atoms with van der Waals surface area (Å²) in [7, 11) is -4.07. The molecule has 0 aliphatic carbocycles. The van der Waals surface area contributed by atoms with Gasteiger partial charge in [0.05, 0.1) is 18.8 Å². The van der Waals surface area contributed by atoms with Crippen LogP contribution in [-0.4, -0.2) is 52.5 Å². The Morgan fingerprint density at radius 2 is 1.74 bits per heavy atom. The van der Waals surface area contributed by atoms with E-state index in [-0.39, 0.29) is 11.4 Å². The summed E-state index contributed by atoms with van der Waals surface area (Å²) < 4.78 is 45.8. The summed E-state index contributed by atoms with van der Waals surface area (Å²) in [6.45, 7) is 13.0. The van der Waals surface area contributed by atoms with Gasteiger partial charge in [0.25, 0.3) is 10.0 Å². The summed E-state index contributed by atoms with van der Waals surface area (Å²) in [6.07, 6.45) is 1.70. The molecule has 8 nitrogen and oxygen atoms in total. The van der Waals surface area contributed by atoms with Gasteiger partial charge < -0.3 is 18.8 Å². The first kappa shape index (κ1) is 28.8. The van der Waals surface area contributed by atoms with Crippen molar-refractivity contribution in [3.8, 4) is 17.4 Å². The first-order valence-electron chi connectivity index (χ1n) is 13.1. The van der Waals surface area contributed by atoms with E-state index >= 15 is 0 Å². The van der Waals surface area contributed by atoms with Crippen LogP contribution in [0.2, 0.25) is 0 Å². The minimum atomic E-state index is -4.07. The normalized spacial score (nSPS) is 15.5. The second-order valence-electron chi connectivity index (χ2n) is 11.4. The van der Waals surface area contributed by atoms with Crippen molar-refractivity contribution in [3.63, 3.8) is 0 Å². The van der Waals surface area contributed by atoms with Gasteiger partial charge in [-0.2, -0.15) is 5.26 Å². The molecule has 0 amide bonds. The van der Waals surface area contributed by atoms with Crippen LogP contribution in [0, 0.1) is 11.3 Å². The van der Waals surface area contributed by atoms with Crippen LogP contribution in [-0.2, 0) is 19.5 Å². The van der Waals surface area contributed by atoms with Crippen LogP contribution in [0.4, 0.5) is 5.69 Å². The number of hydrogen-bond donors (Lipinski definition) is 1. The van der Waals surface area contributed by atoms with Gasteiger partial charge >= 0.3 is 0 Å². The predicted molar refractivity (Wildman–Crippen MR) is 155 cm³/mol. The van der Waals surface area contributed by atoms with Crippen molar-refractivity contribution in [1.82, 2.24) is 4.72 Å². The van der Waals surface area contributed by atoms with Crippen molar-refractivity contribution in [2.75, 3.05) is 37.8 Å². The molecule has 208 valence electrons. The average molecular weight is 552 g/mol. The lowest BCUT2D eigenvalue weighted by Crippen LogP contribution is -2.44. The smallest absolute Gasteiger partial charge is 0.251 e. The van der Waals surface area contributed by atoms with E-state index in [1.165, 1.54) is 11.8 Å². The molecule has 2 heterocycles. The quantitative estimate of drug-likeness (QED) is 0.340. The molecule has 0 bridgehead atoms. The predicted octanol–water partition coefficient (Wildman–Crippen LogP) is 5.70. The van der Waals surface area contributed by atoms with E-state index in [0.29, 0.717) is 18.8 Å². The zero-order chi connectivity index (χ0) is 28.3. The molecule has 1 aliphatic heterocycles. The lowest BCUT2D eigenvalue weighted by Gasteiger charge is -2.29. The Kier molecular flexibility index (Phi) is 8.52. The minimum absolute atomic E-state index is 0.281. The fourth-order valence-corrected chi connectivity index (χ4v) is 5.70. The number of sulfonamides is 1. The SMILES string of the molecule is CC(C)(CCOC(C)(C)C)NS(=O)(=O)/C(C#N)=C/c1ccc(-c2ccc3cc(N4CCOCC4)ccc3c2)o1. The topological polar surface area (TPSA) is 105 Å². The van der Waals surface area contributed by atoms with Crippen molar-refractivity contribution >= 4 is 32.6 Å². The van der Waals surface area contributed by atoms with E-state index in [1.807, 2.05) is 39.0 Å². The zero-order valence-electron chi connectivity index (χ0n) is 23.3. The van der Waals surface area contributed by atoms with Gasteiger partial charge in [-0.15, -0.1) is 0 Å². The first-order valence-corrected chi connectivity index (χ1v) is 14.6. The highest BCUT2D eigenvalue weighted by Crippen LogP contribution is 2.30. The maximum atomic E-state index is 13.0. The Morgan fingerprint density at radius 1 is 1.05 bits per heavy atom. The van der Waals surface area contributed by atoms with Gasteiger partial charge in [-0.25, -0.2) is 13.1 Å². The van der Waals surface area contributed by atoms with Crippen molar-refractivity contribution in [1.29, 1.82) is 5.26 Å². The minimum Gasteiger partial charge on any atom is -0.457 e. The van der Waals surface area contributed by atoms with Crippen LogP contribution in [0.25, 0.3) is 28.2 Å². The molecule has 4 rings (SSSR count). The number of benzene rings is 2. The Morgan fingerprint density at radius 3 is 2.44 bits per heavy atom. The van der Waals surface area contributed by atoms with Gasteiger partial charge in [0, 0.05) is 42.6 Å². The van der Waals surface area contributed by atoms with E-state index in [0.717, 1.165) is 42.6 Å². The third kappa shape index (κ3) is 7.70. The number of anilines is 1. The molecule has 2 aromatic carbocycles. The Hall–Kier alpha value is -3.16. The summed E-state index contributed by atoms with van der Waals surface area (Å²) in [5, 5.41) is 11.8. The van der Waals surface area contributed by atoms with Gasteiger partial charge in [0.2, 0.25) is 0 Å². The van der Waals surface area contributed by atoms with E-state index in [4.69, 9.17) is 13.9 Å². The molecule has 0 radical (unpaired) electrons. The number of rotatable bonds is 9. The lowest BCUT2D eigenvalue weighted by atomic mass is 10.0. The van der Waals surface area contributed by atoms with Crippen molar-refractivity contribution in [2.24, 2.45) is 0 Å². The number of nitrogens with one attached hydrogen (secondary N) is 1. The van der Waals surface area contributed by atoms with E-state index in [1.54, 1.807) is 32.0 Å². The summed E-state index contributed by atoms with van der Waals surface area (Å²) in [5.41, 5.74) is 0.912. The van der Waals surface area contributed by atoms with Crippen molar-refractivity contribution in [2.45, 2.75) is 52.2 Å². The number of hydrogen-bond acceptors (Lipinski definition) is 7. The maximum absolute atomic E-state index is 13.0. The molecule has 9 heteroatoms. The monoisotopic (exact) mass is 551 g/mol. The molecule has 3 aromatic rings. The molecule has 0 spiro atoms. The molecular weight excluding hydrogens is 514 g/mol. The van der Waals surface area contributed by atoms with E-state index in [2.05, 4.69) is 27.8 Å². The molecule has 0 saturated carbocycles.